The van der Waals surface area contributed by atoms with E-state index in [4.69, 9.17) is 24.5 Å². The average Bonchev–Trinajstić information content (AvgIpc) is 0.827. The minimum Gasteiger partial charge on any atom is -0.542 e. The molecule has 8 amide bonds. The Kier molecular flexibility index (Phi) is 113. The Morgan fingerprint density at radius 3 is 0.843 bits per heavy atom. The van der Waals surface area contributed by atoms with E-state index in [2.05, 4.69) is 64.1 Å². The van der Waals surface area contributed by atoms with Crippen molar-refractivity contribution in [3.05, 3.63) is 0 Å². The second-order valence-corrected chi connectivity index (χ2v) is 26.9. The number of nitrogens with one attached hydrogen (secondary N) is 3. The summed E-state index contributed by atoms with van der Waals surface area (Å²) in [7, 11) is 6.32. The van der Waals surface area contributed by atoms with E-state index >= 15 is 0 Å². The molecule has 4 radical (unpaired) electrons. The first-order chi connectivity index (χ1) is 52.8. The fourth-order valence-electron chi connectivity index (χ4n) is 11.0. The topological polar surface area (TPSA) is 362 Å². The van der Waals surface area contributed by atoms with Crippen LogP contribution < -0.4 is 16.0 Å². The largest absolute Gasteiger partial charge is 0.542 e. The third-order valence-corrected chi connectivity index (χ3v) is 17.7. The number of rotatable bonds is 8. The number of ether oxygens (including phenoxy) is 1. The monoisotopic (exact) mass is 1960 g/mol. The smallest absolute Gasteiger partial charge is 0.484 e. The second kappa shape index (κ2) is 91.4. The number of likely N-dealkylation sites (N-methyl/N-ethyl adjacent to an activating group) is 2. The minimum absolute atomic E-state index is 0. The molecule has 0 saturated carbocycles. The first-order valence-electron chi connectivity index (χ1n) is 39.8. The van der Waals surface area contributed by atoms with E-state index in [1.807, 2.05) is 109 Å². The van der Waals surface area contributed by atoms with Gasteiger partial charge in [-0.1, -0.05) is 128 Å². The van der Waals surface area contributed by atoms with Gasteiger partial charge in [0.05, 0.1) is 39.3 Å². The van der Waals surface area contributed by atoms with Gasteiger partial charge in [-0.25, -0.2) is 4.79 Å². The Balaban J connectivity index is -0.0000000872. The number of piperazine rings is 5. The Morgan fingerprint density at radius 1 is 0.421 bits per heavy atom. The van der Waals surface area contributed by atoms with Crippen LogP contribution in [0.25, 0.3) is 0 Å². The van der Waals surface area contributed by atoms with Crippen molar-refractivity contribution in [2.75, 3.05) is 244 Å². The molecule has 34 nitrogen and oxygen atoms in total. The molecule has 0 spiro atoms. The van der Waals surface area contributed by atoms with Crippen molar-refractivity contribution >= 4 is 85.7 Å². The molecular weight excluding hydrogens is 1780 g/mol. The van der Waals surface area contributed by atoms with Crippen LogP contribution >= 0.6 is 0 Å². The molecule has 38 heteroatoms. The number of nitrogens with zero attached hydrogens (tertiary/aromatic N) is 14. The van der Waals surface area contributed by atoms with E-state index < -0.39 is 17.7 Å². The fourth-order valence-corrected chi connectivity index (χ4v) is 11.0. The van der Waals surface area contributed by atoms with Gasteiger partial charge >= 0.3 is 13.8 Å². The summed E-state index contributed by atoms with van der Waals surface area (Å²) in [5.74, 6) is 0.555. The first kappa shape index (κ1) is 149. The number of likely N-dealkylation sites (tertiary alicyclic amines) is 6. The summed E-state index contributed by atoms with van der Waals surface area (Å²) in [5, 5.41) is 24.4. The predicted octanol–water partition coefficient (Wildman–Crippen LogP) is 4.63. The number of carbonyl (C=O) groups is 10. The Labute approximate surface area is 813 Å². The standard InChI is InChI=1S/C11H18N3O2.C10H16N3O2.C10H19N3O.C9H17N3O.C8H13NO3.C5H12N2.C5H7NO2.C3H5NO.C2H4O2.C2H3O.5C2H6.CH4BO2.7CH4.3Y/c1-2-11(16)14-7-10(8-14)13-5-3-12(9-15)4-6-13;1-9(15)13-6-10(7-13)12-4-2-11(8-14)3-5-12;1-9(14)13-7-10(8-13)12-5-3-11(2)4-6-12;1-8(13)12-6-9(7-12)11-4-2-10-3-5-11;1-8(2,3)12-7(11)9-4-6(10)5-9;1-7-4-2-6-3-5-7;1-4(7)6-2-5(8)3-6;5-3-1-4-2-3;1-2(3)4;1-2-3;5*1-2;1-4-2-3;;;;;;;;;;/h10H,2-8H2,1H3;10H,2-7H2,1H3;10H,3-8H2,1-2H3;9-10H,2-7H2,1H3;4-5H2,1-3H3;6H,2-5H2,1H3;2-3H2,1H3;4H,1-2H2;1H3,(H,3,4);1H3;5*1-2H3;3H,1H3;7*1H4;;;/q2*-1;;;;;;;;-1;;;;;;;;;;;;;;;;. The van der Waals surface area contributed by atoms with Gasteiger partial charge in [0.25, 0.3) is 5.97 Å². The van der Waals surface area contributed by atoms with Gasteiger partial charge in [0, 0.05) is 354 Å². The van der Waals surface area contributed by atoms with Gasteiger partial charge in [-0.05, 0) is 34.9 Å². The third kappa shape index (κ3) is 69.4. The molecule has 0 bridgehead atoms. The van der Waals surface area contributed by atoms with Crippen LogP contribution in [0.5, 0.6) is 0 Å². The van der Waals surface area contributed by atoms with E-state index in [0.717, 1.165) is 177 Å². The maximum absolute atomic E-state index is 11.4. The summed E-state index contributed by atoms with van der Waals surface area (Å²) in [6.45, 7) is 66.0. The zero-order chi connectivity index (χ0) is 85.8. The fraction of sp³-hybridized carbons (Fsp3) is 0.843. The first-order valence-corrected chi connectivity index (χ1v) is 39.8. The molecule has 12 saturated heterocycles. The number of carbonyl (C=O) groups excluding carboxylic acids is 12. The number of carboxylic acid groups (broad SMARTS) is 1. The quantitative estimate of drug-likeness (QED) is 0.163. The van der Waals surface area contributed by atoms with Gasteiger partial charge in [0.1, 0.15) is 5.60 Å². The molecule has 5 N–H and O–H groups in total. The van der Waals surface area contributed by atoms with E-state index in [0.29, 0.717) is 70.2 Å². The van der Waals surface area contributed by atoms with Crippen molar-refractivity contribution in [1.29, 1.82) is 0 Å². The number of carboxylic acids is 1. The van der Waals surface area contributed by atoms with E-state index in [9.17, 15) is 52.7 Å². The molecule has 0 unspecified atom stereocenters. The van der Waals surface area contributed by atoms with Crippen LogP contribution in [-0.2, 0) is 165 Å². The average molecular weight is 1960 g/mol. The predicted molar refractivity (Wildman–Crippen MR) is 482 cm³/mol. The summed E-state index contributed by atoms with van der Waals surface area (Å²) in [4.78, 5) is 163. The number of ketones is 3. The number of amides is 8. The molecule has 0 aliphatic carbocycles. The zero-order valence-corrected chi connectivity index (χ0v) is 82.7. The summed E-state index contributed by atoms with van der Waals surface area (Å²) in [6, 6.07) is 2.27. The van der Waals surface area contributed by atoms with Crippen LogP contribution in [0, 0.1) is 0 Å². The summed E-state index contributed by atoms with van der Waals surface area (Å²) in [6.07, 6.45) is 5.54. The SMILES string of the molecule is C.C.C.C.C.C.C.CC.CC.CC.CC.CC.CC(=O)N1CC(=O)C1.CC(=O)N1CC(N2CCN(C)CC2)C1.CC(=O)N1CC(N2CCN([C-]=O)CC2)C1.CC(=O)N1CC(N2CCNCC2)C1.CC(=O)O.CC(C)(C)OC(=O)N1CC(=O)C1.CCC(=O)N1CC(N2CCN([C-]=O)CC2)C1.CN1CCNCC1.CO[B]O.C[C-]=O.O=C1CNC1.[Y].[Y].[Y]. The van der Waals surface area contributed by atoms with Crippen molar-refractivity contribution < 1.29 is 180 Å². The van der Waals surface area contributed by atoms with Crippen LogP contribution in [0.4, 0.5) is 4.79 Å². The van der Waals surface area contributed by atoms with E-state index in [1.54, 1.807) is 51.3 Å². The Morgan fingerprint density at radius 2 is 0.653 bits per heavy atom. The molecule has 12 aliphatic heterocycles. The van der Waals surface area contributed by atoms with Crippen LogP contribution in [0.15, 0.2) is 0 Å². The van der Waals surface area contributed by atoms with Crippen molar-refractivity contribution in [3.8, 4) is 0 Å². The zero-order valence-electron chi connectivity index (χ0n) is 74.1. The van der Waals surface area contributed by atoms with Gasteiger partial charge in [0.15, 0.2) is 17.3 Å². The van der Waals surface area contributed by atoms with Gasteiger partial charge in [-0.2, -0.15) is 19.7 Å². The minimum atomic E-state index is -0.833. The molecule has 121 heavy (non-hydrogen) atoms. The second-order valence-electron chi connectivity index (χ2n) is 26.9. The maximum Gasteiger partial charge on any atom is 0.484 e. The molecule has 0 aromatic rings. The molecule has 0 atom stereocenters. The van der Waals surface area contributed by atoms with E-state index in [1.165, 1.54) is 50.1 Å². The van der Waals surface area contributed by atoms with Gasteiger partial charge in [-0.15, -0.1) is 0 Å². The van der Waals surface area contributed by atoms with Gasteiger partial charge in [0.2, 0.25) is 29.5 Å². The van der Waals surface area contributed by atoms with Crippen LogP contribution in [0.3, 0.4) is 0 Å². The molecule has 12 fully saturated rings. The molecule has 710 valence electrons. The molecular formula is C83H176BN17O17Y3-3. The number of aliphatic carboxylic acids is 1. The van der Waals surface area contributed by atoms with Gasteiger partial charge in [-0.3, -0.25) is 73.9 Å². The van der Waals surface area contributed by atoms with Crippen LogP contribution in [0.1, 0.15) is 197 Å². The van der Waals surface area contributed by atoms with Gasteiger partial charge < -0.3 is 94.0 Å². The summed E-state index contributed by atoms with van der Waals surface area (Å²) in [5.41, 5.74) is -0.476. The third-order valence-electron chi connectivity index (χ3n) is 17.7. The number of hydrogen-bond acceptors (Lipinski definition) is 25. The van der Waals surface area contributed by atoms with E-state index in [-0.39, 0.29) is 204 Å². The Bertz CT molecular complexity index is 2540. The Hall–Kier alpha value is -3.35. The molecule has 12 aliphatic rings. The van der Waals surface area contributed by atoms with Crippen molar-refractivity contribution in [3.63, 3.8) is 0 Å². The number of Topliss-reactive ketones (excluding diaryl/α,β-unsaturated/α-hetero) is 3. The van der Waals surface area contributed by atoms with Crippen molar-refractivity contribution in [2.45, 2.75) is 227 Å². The van der Waals surface area contributed by atoms with Crippen LogP contribution in [0.2, 0.25) is 0 Å². The number of hydrogen-bond donors (Lipinski definition) is 5. The maximum atomic E-state index is 11.4. The van der Waals surface area contributed by atoms with Crippen molar-refractivity contribution in [1.82, 2.24) is 84.5 Å². The molecule has 12 heterocycles. The molecule has 0 aromatic heterocycles. The molecule has 0 aromatic carbocycles. The van der Waals surface area contributed by atoms with Crippen molar-refractivity contribution in [2.24, 2.45) is 0 Å². The van der Waals surface area contributed by atoms with Crippen LogP contribution in [-0.4, -0.2) is 438 Å². The summed E-state index contributed by atoms with van der Waals surface area (Å²) < 4.78 is 9.00. The normalized spacial score (nSPS) is 17.9. The molecule has 12 rings (SSSR count). The summed E-state index contributed by atoms with van der Waals surface area (Å²) >= 11 is 0.